The molecule has 0 fully saturated rings. The average Bonchev–Trinajstić information content (AvgIpc) is 2.62. The summed E-state index contributed by atoms with van der Waals surface area (Å²) in [5.74, 6) is -0.342. The van der Waals surface area contributed by atoms with Crippen LogP contribution in [0.3, 0.4) is 0 Å². The number of nitro groups is 1. The first-order valence-electron chi connectivity index (χ1n) is 6.86. The van der Waals surface area contributed by atoms with Gasteiger partial charge in [0.1, 0.15) is 7.11 Å². The first kappa shape index (κ1) is 16.8. The summed E-state index contributed by atoms with van der Waals surface area (Å²) in [6.45, 7) is 0. The maximum absolute atomic E-state index is 12.4. The molecule has 2 aromatic rings. The normalized spacial score (nSPS) is 11.3. The van der Waals surface area contributed by atoms with E-state index in [0.29, 0.717) is 11.3 Å². The van der Waals surface area contributed by atoms with E-state index in [9.17, 15) is 14.9 Å². The second-order valence-corrected chi connectivity index (χ2v) is 4.53. The van der Waals surface area contributed by atoms with Crippen LogP contribution in [-0.2, 0) is 4.84 Å². The van der Waals surface area contributed by atoms with Crippen LogP contribution in [0.25, 0.3) is 0 Å². The van der Waals surface area contributed by atoms with Crippen molar-refractivity contribution in [1.29, 1.82) is 0 Å². The van der Waals surface area contributed by atoms with E-state index in [0.717, 1.165) is 0 Å². The zero-order chi connectivity index (χ0) is 17.4. The van der Waals surface area contributed by atoms with Gasteiger partial charge in [-0.25, -0.2) is 0 Å². The molecule has 0 amide bonds. The Hall–Kier alpha value is -3.55. The molecule has 1 N–H and O–H groups in total. The lowest BCUT2D eigenvalue weighted by molar-refractivity contribution is -0.384. The largest absolute Gasteiger partial charge is 0.399 e. The number of nitro benzene ring substituents is 1. The van der Waals surface area contributed by atoms with Crippen LogP contribution in [0.2, 0.25) is 0 Å². The summed E-state index contributed by atoms with van der Waals surface area (Å²) in [4.78, 5) is 27.1. The van der Waals surface area contributed by atoms with E-state index in [-0.39, 0.29) is 17.2 Å². The number of carbonyl (C=O) groups is 1. The monoisotopic (exact) mass is 326 g/mol. The molecule has 2 aromatic carbocycles. The zero-order valence-electron chi connectivity index (χ0n) is 12.7. The summed E-state index contributed by atoms with van der Waals surface area (Å²) in [6.07, 6.45) is 1.19. The van der Waals surface area contributed by atoms with Crippen LogP contribution in [0.15, 0.2) is 64.9 Å². The third kappa shape index (κ3) is 4.47. The summed E-state index contributed by atoms with van der Waals surface area (Å²) < 4.78 is 0. The number of ketones is 1. The number of carbonyl (C=O) groups excluding carboxylic acids is 1. The Morgan fingerprint density at radius 1 is 1.17 bits per heavy atom. The number of anilines is 1. The van der Waals surface area contributed by atoms with Gasteiger partial charge in [0.15, 0.2) is 5.71 Å². The van der Waals surface area contributed by atoms with Gasteiger partial charge in [-0.05, 0) is 12.1 Å². The highest BCUT2D eigenvalue weighted by Crippen LogP contribution is 2.15. The van der Waals surface area contributed by atoms with Crippen molar-refractivity contribution in [2.45, 2.75) is 0 Å². The molecule has 0 aliphatic rings. The molecule has 0 saturated heterocycles. The molecule has 0 heterocycles. The third-order valence-corrected chi connectivity index (χ3v) is 2.93. The Morgan fingerprint density at radius 2 is 1.83 bits per heavy atom. The van der Waals surface area contributed by atoms with Crippen LogP contribution in [0, 0.1) is 10.1 Å². The van der Waals surface area contributed by atoms with E-state index < -0.39 is 4.92 Å². The SMILES string of the molecule is CON=CC(=NNc1ccc([N+](=O)[O-])cc1)C(=O)c1ccccc1. The maximum Gasteiger partial charge on any atom is 0.269 e. The fourth-order valence-electron chi connectivity index (χ4n) is 1.76. The molecule has 0 radical (unpaired) electrons. The number of hydrogen-bond acceptors (Lipinski definition) is 7. The van der Waals surface area contributed by atoms with Crippen LogP contribution >= 0.6 is 0 Å². The van der Waals surface area contributed by atoms with Crippen molar-refractivity contribution in [3.63, 3.8) is 0 Å². The number of hydrazone groups is 1. The van der Waals surface area contributed by atoms with Crippen LogP contribution in [-0.4, -0.2) is 29.7 Å². The van der Waals surface area contributed by atoms with Gasteiger partial charge in [0.25, 0.3) is 5.69 Å². The number of nitrogens with zero attached hydrogens (tertiary/aromatic N) is 3. The molecular weight excluding hydrogens is 312 g/mol. The summed E-state index contributed by atoms with van der Waals surface area (Å²) >= 11 is 0. The van der Waals surface area contributed by atoms with E-state index >= 15 is 0 Å². The molecular formula is C16H14N4O4. The minimum atomic E-state index is -0.497. The van der Waals surface area contributed by atoms with Gasteiger partial charge in [0, 0.05) is 17.7 Å². The number of Topliss-reactive ketones (excluding diaryl/α,β-unsaturated/α-hetero) is 1. The van der Waals surface area contributed by atoms with E-state index in [1.807, 2.05) is 0 Å². The van der Waals surface area contributed by atoms with Gasteiger partial charge in [-0.3, -0.25) is 20.3 Å². The molecule has 0 atom stereocenters. The lowest BCUT2D eigenvalue weighted by Gasteiger charge is -2.03. The minimum Gasteiger partial charge on any atom is -0.399 e. The highest BCUT2D eigenvalue weighted by atomic mass is 16.6. The van der Waals surface area contributed by atoms with Crippen molar-refractivity contribution >= 4 is 29.1 Å². The van der Waals surface area contributed by atoms with Crippen molar-refractivity contribution in [2.75, 3.05) is 12.5 Å². The molecule has 0 spiro atoms. The molecule has 8 heteroatoms. The zero-order valence-corrected chi connectivity index (χ0v) is 12.7. The highest BCUT2D eigenvalue weighted by molar-refractivity contribution is 6.64. The number of benzene rings is 2. The lowest BCUT2D eigenvalue weighted by Crippen LogP contribution is -2.17. The number of non-ortho nitro benzene ring substituents is 1. The van der Waals surface area contributed by atoms with E-state index in [2.05, 4.69) is 20.5 Å². The van der Waals surface area contributed by atoms with Gasteiger partial charge in [0.05, 0.1) is 16.8 Å². The molecule has 0 aliphatic heterocycles. The van der Waals surface area contributed by atoms with Gasteiger partial charge in [0.2, 0.25) is 5.78 Å². The highest BCUT2D eigenvalue weighted by Gasteiger charge is 2.12. The predicted octanol–water partition coefficient (Wildman–Crippen LogP) is 2.88. The molecule has 0 aliphatic carbocycles. The average molecular weight is 326 g/mol. The first-order valence-corrected chi connectivity index (χ1v) is 6.86. The van der Waals surface area contributed by atoms with Gasteiger partial charge >= 0.3 is 0 Å². The quantitative estimate of drug-likeness (QED) is 0.364. The van der Waals surface area contributed by atoms with Crippen LogP contribution < -0.4 is 5.43 Å². The van der Waals surface area contributed by atoms with Crippen LogP contribution in [0.4, 0.5) is 11.4 Å². The van der Waals surface area contributed by atoms with Crippen molar-refractivity contribution in [3.8, 4) is 0 Å². The van der Waals surface area contributed by atoms with Crippen LogP contribution in [0.1, 0.15) is 10.4 Å². The van der Waals surface area contributed by atoms with Crippen molar-refractivity contribution in [1.82, 2.24) is 0 Å². The molecule has 0 aromatic heterocycles. The van der Waals surface area contributed by atoms with E-state index in [4.69, 9.17) is 0 Å². The van der Waals surface area contributed by atoms with Gasteiger partial charge in [-0.15, -0.1) is 0 Å². The Morgan fingerprint density at radius 3 is 2.42 bits per heavy atom. The van der Waals surface area contributed by atoms with E-state index in [1.165, 1.54) is 37.6 Å². The Kier molecular flexibility index (Phi) is 5.73. The Balaban J connectivity index is 2.21. The summed E-state index contributed by atoms with van der Waals surface area (Å²) in [7, 11) is 1.35. The Labute approximate surface area is 137 Å². The molecule has 8 nitrogen and oxygen atoms in total. The van der Waals surface area contributed by atoms with Gasteiger partial charge < -0.3 is 4.84 Å². The summed E-state index contributed by atoms with van der Waals surface area (Å²) in [5, 5.41) is 18.2. The fourth-order valence-corrected chi connectivity index (χ4v) is 1.76. The third-order valence-electron chi connectivity index (χ3n) is 2.93. The number of hydrogen-bond donors (Lipinski definition) is 1. The van der Waals surface area contributed by atoms with Gasteiger partial charge in [-0.1, -0.05) is 35.5 Å². The smallest absolute Gasteiger partial charge is 0.269 e. The predicted molar refractivity (Wildman–Crippen MR) is 90.4 cm³/mol. The molecule has 2 rings (SSSR count). The van der Waals surface area contributed by atoms with Gasteiger partial charge in [-0.2, -0.15) is 5.10 Å². The molecule has 0 unspecified atom stereocenters. The second-order valence-electron chi connectivity index (χ2n) is 4.53. The lowest BCUT2D eigenvalue weighted by atomic mass is 10.1. The summed E-state index contributed by atoms with van der Waals surface area (Å²) in [6, 6.07) is 14.2. The standard InChI is InChI=1S/C16H14N4O4/c1-24-17-11-15(16(21)12-5-3-2-4-6-12)19-18-13-7-9-14(10-8-13)20(22)23/h2-11,18H,1H3. The summed E-state index contributed by atoms with van der Waals surface area (Å²) in [5.41, 5.74) is 3.60. The topological polar surface area (TPSA) is 106 Å². The minimum absolute atomic E-state index is 0.0291. The Bertz CT molecular complexity index is 770. The first-order chi connectivity index (χ1) is 11.6. The number of rotatable bonds is 7. The second kappa shape index (κ2) is 8.18. The fraction of sp³-hybridized carbons (Fsp3) is 0.0625. The van der Waals surface area contributed by atoms with Crippen LogP contribution in [0.5, 0.6) is 0 Å². The molecule has 122 valence electrons. The number of oxime groups is 1. The van der Waals surface area contributed by atoms with Crippen molar-refractivity contribution in [3.05, 3.63) is 70.3 Å². The molecule has 24 heavy (non-hydrogen) atoms. The molecule has 0 saturated carbocycles. The molecule has 0 bridgehead atoms. The van der Waals surface area contributed by atoms with Crippen molar-refractivity contribution < 1.29 is 14.6 Å². The number of nitrogens with one attached hydrogen (secondary N) is 1. The van der Waals surface area contributed by atoms with E-state index in [1.54, 1.807) is 30.3 Å². The van der Waals surface area contributed by atoms with Crippen molar-refractivity contribution in [2.24, 2.45) is 10.3 Å². The maximum atomic E-state index is 12.4.